The van der Waals surface area contributed by atoms with Gasteiger partial charge >= 0.3 is 0 Å². The molecule has 43 heavy (non-hydrogen) atoms. The number of rotatable bonds is 3. The maximum Gasteiger partial charge on any atom is 0.159 e. The topological polar surface area (TPSA) is 85.6 Å². The maximum atomic E-state index is 12.1. The number of nitrogens with zero attached hydrogens (tertiary/aromatic N) is 4. The molecule has 7 aromatic rings. The van der Waals surface area contributed by atoms with Crippen LogP contribution in [-0.2, 0) is 0 Å². The average molecular weight is 551 g/mol. The highest BCUT2D eigenvalue weighted by Gasteiger charge is 2.31. The van der Waals surface area contributed by atoms with Gasteiger partial charge in [-0.2, -0.15) is 10.5 Å². The Labute approximate surface area is 247 Å². The number of hydrogen-bond donors (Lipinski definition) is 1. The van der Waals surface area contributed by atoms with Gasteiger partial charge in [0.1, 0.15) is 5.82 Å². The lowest BCUT2D eigenvalue weighted by atomic mass is 9.87. The summed E-state index contributed by atoms with van der Waals surface area (Å²) in [6.45, 7) is 0. The molecule has 0 saturated carbocycles. The Bertz CT molecular complexity index is 2310. The molecular formula is C38H22N4O. The van der Waals surface area contributed by atoms with Crippen LogP contribution in [0.1, 0.15) is 22.9 Å². The van der Waals surface area contributed by atoms with Gasteiger partial charge in [-0.1, -0.05) is 84.9 Å². The number of imidazole rings is 1. The second-order valence-electron chi connectivity index (χ2n) is 10.7. The Morgan fingerprint density at radius 3 is 1.98 bits per heavy atom. The predicted octanol–water partition coefficient (Wildman–Crippen LogP) is 8.45. The number of aliphatic hydroxyl groups excluding tert-OH is 1. The van der Waals surface area contributed by atoms with Crippen molar-refractivity contribution in [2.45, 2.75) is 6.23 Å². The average Bonchev–Trinajstić information content (AvgIpc) is 3.47. The summed E-state index contributed by atoms with van der Waals surface area (Å²) >= 11 is 0. The van der Waals surface area contributed by atoms with Crippen molar-refractivity contribution in [3.05, 3.63) is 138 Å². The molecule has 8 rings (SSSR count). The third-order valence-electron chi connectivity index (χ3n) is 8.38. The Morgan fingerprint density at radius 2 is 1.28 bits per heavy atom. The van der Waals surface area contributed by atoms with Gasteiger partial charge in [-0.3, -0.25) is 4.57 Å². The quantitative estimate of drug-likeness (QED) is 0.239. The number of fused-ring (bicyclic) bond motifs is 4. The van der Waals surface area contributed by atoms with Crippen molar-refractivity contribution in [3.8, 4) is 56.9 Å². The first-order valence-electron chi connectivity index (χ1n) is 14.0. The second kappa shape index (κ2) is 9.53. The van der Waals surface area contributed by atoms with Crippen LogP contribution >= 0.6 is 0 Å². The molecule has 5 nitrogen and oxygen atoms in total. The lowest BCUT2D eigenvalue weighted by Crippen LogP contribution is -2.17. The maximum absolute atomic E-state index is 12.1. The molecule has 1 aliphatic heterocycles. The molecule has 0 aliphatic carbocycles. The van der Waals surface area contributed by atoms with Crippen LogP contribution in [0, 0.1) is 22.7 Å². The minimum atomic E-state index is -1.01. The zero-order valence-corrected chi connectivity index (χ0v) is 22.9. The van der Waals surface area contributed by atoms with Crippen molar-refractivity contribution in [2.75, 3.05) is 0 Å². The van der Waals surface area contributed by atoms with E-state index >= 15 is 0 Å². The van der Waals surface area contributed by atoms with Crippen molar-refractivity contribution in [2.24, 2.45) is 0 Å². The summed E-state index contributed by atoms with van der Waals surface area (Å²) in [7, 11) is 0. The minimum absolute atomic E-state index is 0.521. The number of aromatic nitrogens is 2. The monoisotopic (exact) mass is 550 g/mol. The molecule has 200 valence electrons. The summed E-state index contributed by atoms with van der Waals surface area (Å²) in [4.78, 5) is 5.16. The summed E-state index contributed by atoms with van der Waals surface area (Å²) < 4.78 is 1.93. The van der Waals surface area contributed by atoms with Gasteiger partial charge in [0.15, 0.2) is 6.23 Å². The van der Waals surface area contributed by atoms with Crippen LogP contribution in [-0.4, -0.2) is 14.7 Å². The lowest BCUT2D eigenvalue weighted by Gasteiger charge is -2.27. The van der Waals surface area contributed by atoms with E-state index in [1.54, 1.807) is 18.2 Å². The second-order valence-corrected chi connectivity index (χ2v) is 10.7. The van der Waals surface area contributed by atoms with E-state index in [1.165, 1.54) is 0 Å². The first-order chi connectivity index (χ1) is 21.2. The largest absolute Gasteiger partial charge is 0.369 e. The highest BCUT2D eigenvalue weighted by atomic mass is 16.3. The van der Waals surface area contributed by atoms with Crippen molar-refractivity contribution in [1.29, 1.82) is 10.5 Å². The van der Waals surface area contributed by atoms with Gasteiger partial charge in [0.2, 0.25) is 0 Å². The Kier molecular flexibility index (Phi) is 5.49. The van der Waals surface area contributed by atoms with Crippen molar-refractivity contribution in [3.63, 3.8) is 0 Å². The fraction of sp³-hybridized carbons (Fsp3) is 0.0263. The van der Waals surface area contributed by atoms with Crippen LogP contribution < -0.4 is 0 Å². The third kappa shape index (κ3) is 3.70. The molecule has 1 aliphatic rings. The first kappa shape index (κ1) is 24.8. The van der Waals surface area contributed by atoms with Crippen LogP contribution in [0.25, 0.3) is 66.6 Å². The van der Waals surface area contributed by atoms with E-state index in [4.69, 9.17) is 4.98 Å². The number of benzene rings is 6. The molecule has 0 spiro atoms. The molecule has 1 aromatic heterocycles. The molecule has 2 heterocycles. The molecule has 0 bridgehead atoms. The first-order valence-corrected chi connectivity index (χ1v) is 14.0. The normalized spacial score (nSPS) is 13.4. The van der Waals surface area contributed by atoms with Crippen LogP contribution in [0.3, 0.4) is 0 Å². The summed E-state index contributed by atoms with van der Waals surface area (Å²) in [6, 6.07) is 44.3. The third-order valence-corrected chi connectivity index (χ3v) is 8.38. The van der Waals surface area contributed by atoms with E-state index in [1.807, 2.05) is 71.3 Å². The van der Waals surface area contributed by atoms with Gasteiger partial charge in [0, 0.05) is 27.5 Å². The highest BCUT2D eigenvalue weighted by molar-refractivity contribution is 6.11. The van der Waals surface area contributed by atoms with Gasteiger partial charge in [-0.25, -0.2) is 4.98 Å². The SMILES string of the molecule is N#Cc1ccc(-c2ccc3c4c(ccc(C#N)c24)C(O)n2c-3nc3cc(-c4ccccc4)cc(-c4ccccc4)c32)cc1. The predicted molar refractivity (Wildman–Crippen MR) is 169 cm³/mol. The summed E-state index contributed by atoms with van der Waals surface area (Å²) in [5.41, 5.74) is 10.2. The molecule has 0 fully saturated rings. The zero-order chi connectivity index (χ0) is 29.1. The Morgan fingerprint density at radius 1 is 0.605 bits per heavy atom. The number of aliphatic hydroxyl groups is 1. The Balaban J connectivity index is 1.45. The van der Waals surface area contributed by atoms with Crippen LogP contribution in [0.2, 0.25) is 0 Å². The van der Waals surface area contributed by atoms with Gasteiger partial charge in [-0.15, -0.1) is 0 Å². The number of hydrogen-bond acceptors (Lipinski definition) is 4. The smallest absolute Gasteiger partial charge is 0.159 e. The summed E-state index contributed by atoms with van der Waals surface area (Å²) in [5, 5.41) is 33.1. The number of nitriles is 2. The molecule has 1 atom stereocenters. The van der Waals surface area contributed by atoms with Gasteiger partial charge in [0.25, 0.3) is 0 Å². The standard InChI is InChI=1S/C38H22N4O/c39-21-23-11-13-26(14-12-23)29-17-18-30-35-31(16-15-27(22-40)34(29)35)38(43)42-36-32(25-9-5-2-6-10-25)19-28(20-33(36)41-37(30)42)24-7-3-1-4-8-24/h1-20,38,43H. The fourth-order valence-corrected chi connectivity index (χ4v) is 6.42. The molecule has 5 heteroatoms. The molecular weight excluding hydrogens is 528 g/mol. The molecule has 0 radical (unpaired) electrons. The molecule has 6 aromatic carbocycles. The minimum Gasteiger partial charge on any atom is -0.369 e. The lowest BCUT2D eigenvalue weighted by molar-refractivity contribution is 0.152. The van der Waals surface area contributed by atoms with Gasteiger partial charge in [-0.05, 0) is 64.2 Å². The molecule has 0 amide bonds. The highest BCUT2D eigenvalue weighted by Crippen LogP contribution is 2.48. The van der Waals surface area contributed by atoms with Crippen LogP contribution in [0.4, 0.5) is 0 Å². The molecule has 1 unspecified atom stereocenters. The van der Waals surface area contributed by atoms with Gasteiger partial charge in [0.05, 0.1) is 34.3 Å². The van der Waals surface area contributed by atoms with E-state index < -0.39 is 6.23 Å². The van der Waals surface area contributed by atoms with E-state index in [9.17, 15) is 15.6 Å². The molecule has 1 N–H and O–H groups in total. The van der Waals surface area contributed by atoms with E-state index in [0.29, 0.717) is 17.0 Å². The molecule has 0 saturated heterocycles. The van der Waals surface area contributed by atoms with E-state index in [2.05, 4.69) is 48.5 Å². The van der Waals surface area contributed by atoms with Gasteiger partial charge < -0.3 is 5.11 Å². The Hall–Kier alpha value is -6.01. The van der Waals surface area contributed by atoms with E-state index in [-0.39, 0.29) is 0 Å². The van der Waals surface area contributed by atoms with Crippen molar-refractivity contribution >= 4 is 21.8 Å². The van der Waals surface area contributed by atoms with E-state index in [0.717, 1.165) is 66.3 Å². The van der Waals surface area contributed by atoms with Crippen molar-refractivity contribution < 1.29 is 5.11 Å². The summed E-state index contributed by atoms with van der Waals surface area (Å²) in [6.07, 6.45) is -1.01. The van der Waals surface area contributed by atoms with Crippen LogP contribution in [0.15, 0.2) is 121 Å². The fourth-order valence-electron chi connectivity index (χ4n) is 6.42. The zero-order valence-electron chi connectivity index (χ0n) is 22.9. The van der Waals surface area contributed by atoms with Crippen molar-refractivity contribution in [1.82, 2.24) is 9.55 Å². The van der Waals surface area contributed by atoms with Crippen LogP contribution in [0.5, 0.6) is 0 Å². The summed E-state index contributed by atoms with van der Waals surface area (Å²) in [5.74, 6) is 0.656.